The zero-order chi connectivity index (χ0) is 15.2. The first-order valence-corrected chi connectivity index (χ1v) is 5.92. The van der Waals surface area contributed by atoms with Crippen molar-refractivity contribution in [3.63, 3.8) is 0 Å². The Morgan fingerprint density at radius 2 is 1.65 bits per heavy atom. The Bertz CT molecular complexity index is 525. The van der Waals surface area contributed by atoms with Gasteiger partial charge in [-0.15, -0.1) is 0 Å². The molecule has 0 saturated carbocycles. The lowest BCUT2D eigenvalue weighted by Crippen LogP contribution is -2.28. The predicted octanol–water partition coefficient (Wildman–Crippen LogP) is 2.95. The molecule has 0 spiro atoms. The predicted molar refractivity (Wildman–Crippen MR) is 65.3 cm³/mol. The van der Waals surface area contributed by atoms with E-state index in [9.17, 15) is 18.3 Å². The van der Waals surface area contributed by atoms with Crippen molar-refractivity contribution in [2.24, 2.45) is 5.41 Å². The molecular formula is C14H13F3N2O. The Morgan fingerprint density at radius 3 is 2.05 bits per heavy atom. The van der Waals surface area contributed by atoms with Crippen LogP contribution in [0, 0.1) is 28.1 Å². The van der Waals surface area contributed by atoms with Gasteiger partial charge in [0.2, 0.25) is 0 Å². The molecule has 0 aliphatic carbocycles. The van der Waals surface area contributed by atoms with Crippen LogP contribution >= 0.6 is 0 Å². The lowest BCUT2D eigenvalue weighted by molar-refractivity contribution is -0.140. The summed E-state index contributed by atoms with van der Waals surface area (Å²) in [5.74, 6) is 0. The highest BCUT2D eigenvalue weighted by Crippen LogP contribution is 2.33. The van der Waals surface area contributed by atoms with Crippen LogP contribution in [0.15, 0.2) is 24.3 Å². The van der Waals surface area contributed by atoms with Crippen molar-refractivity contribution in [1.29, 1.82) is 10.5 Å². The first-order valence-electron chi connectivity index (χ1n) is 5.92. The number of alkyl halides is 3. The van der Waals surface area contributed by atoms with Gasteiger partial charge in [0, 0.05) is 6.42 Å². The SMILES string of the molecule is N#Cc1ccc(CC(C#N)(CO)CCC(F)(F)F)cc1. The van der Waals surface area contributed by atoms with E-state index in [0.29, 0.717) is 11.1 Å². The van der Waals surface area contributed by atoms with Gasteiger partial charge in [0.25, 0.3) is 0 Å². The number of rotatable bonds is 5. The summed E-state index contributed by atoms with van der Waals surface area (Å²) >= 11 is 0. The molecule has 0 fully saturated rings. The normalized spacial score (nSPS) is 14.1. The molecule has 6 heteroatoms. The third kappa shape index (κ3) is 4.56. The number of halogens is 3. The van der Waals surface area contributed by atoms with Crippen LogP contribution in [0.4, 0.5) is 13.2 Å². The summed E-state index contributed by atoms with van der Waals surface area (Å²) in [6.07, 6.45) is -5.91. The topological polar surface area (TPSA) is 67.8 Å². The molecular weight excluding hydrogens is 269 g/mol. The van der Waals surface area contributed by atoms with E-state index in [1.165, 1.54) is 12.1 Å². The molecule has 1 N–H and O–H groups in total. The number of aliphatic hydroxyl groups is 1. The third-order valence-electron chi connectivity index (χ3n) is 3.05. The van der Waals surface area contributed by atoms with Gasteiger partial charge < -0.3 is 5.11 Å². The molecule has 3 nitrogen and oxygen atoms in total. The summed E-state index contributed by atoms with van der Waals surface area (Å²) in [6, 6.07) is 9.93. The lowest BCUT2D eigenvalue weighted by Gasteiger charge is -2.24. The van der Waals surface area contributed by atoms with Crippen LogP contribution < -0.4 is 0 Å². The van der Waals surface area contributed by atoms with E-state index in [4.69, 9.17) is 10.5 Å². The van der Waals surface area contributed by atoms with E-state index in [1.54, 1.807) is 18.2 Å². The van der Waals surface area contributed by atoms with E-state index in [2.05, 4.69) is 0 Å². The molecule has 0 aromatic heterocycles. The van der Waals surface area contributed by atoms with Gasteiger partial charge in [0.05, 0.1) is 29.7 Å². The van der Waals surface area contributed by atoms with Crippen molar-refractivity contribution < 1.29 is 18.3 Å². The van der Waals surface area contributed by atoms with Crippen molar-refractivity contribution in [3.05, 3.63) is 35.4 Å². The van der Waals surface area contributed by atoms with E-state index in [1.807, 2.05) is 6.07 Å². The second-order valence-corrected chi connectivity index (χ2v) is 4.65. The van der Waals surface area contributed by atoms with Crippen molar-refractivity contribution in [2.75, 3.05) is 6.61 Å². The van der Waals surface area contributed by atoms with Gasteiger partial charge in [-0.2, -0.15) is 23.7 Å². The third-order valence-corrected chi connectivity index (χ3v) is 3.05. The highest BCUT2D eigenvalue weighted by atomic mass is 19.4. The fourth-order valence-corrected chi connectivity index (χ4v) is 1.82. The van der Waals surface area contributed by atoms with Crippen molar-refractivity contribution >= 4 is 0 Å². The van der Waals surface area contributed by atoms with Crippen molar-refractivity contribution in [2.45, 2.75) is 25.4 Å². The minimum Gasteiger partial charge on any atom is -0.395 e. The number of benzene rings is 1. The van der Waals surface area contributed by atoms with Crippen molar-refractivity contribution in [3.8, 4) is 12.1 Å². The van der Waals surface area contributed by atoms with E-state index >= 15 is 0 Å². The van der Waals surface area contributed by atoms with Gasteiger partial charge in [-0.05, 0) is 30.5 Å². The van der Waals surface area contributed by atoms with Crippen LogP contribution in [0.2, 0.25) is 0 Å². The number of nitrogens with zero attached hydrogens (tertiary/aromatic N) is 2. The van der Waals surface area contributed by atoms with Gasteiger partial charge in [-0.25, -0.2) is 0 Å². The number of hydrogen-bond acceptors (Lipinski definition) is 3. The smallest absolute Gasteiger partial charge is 0.389 e. The van der Waals surface area contributed by atoms with Crippen LogP contribution in [0.25, 0.3) is 0 Å². The summed E-state index contributed by atoms with van der Waals surface area (Å²) in [6.45, 7) is -0.639. The van der Waals surface area contributed by atoms with E-state index in [0.717, 1.165) is 0 Å². The second kappa shape index (κ2) is 6.40. The molecule has 0 aliphatic heterocycles. The first-order chi connectivity index (χ1) is 9.34. The summed E-state index contributed by atoms with van der Waals surface area (Å²) in [5, 5.41) is 27.1. The monoisotopic (exact) mass is 282 g/mol. The van der Waals surface area contributed by atoms with Gasteiger partial charge in [-0.1, -0.05) is 12.1 Å². The summed E-state index contributed by atoms with van der Waals surface area (Å²) in [4.78, 5) is 0. The van der Waals surface area contributed by atoms with Gasteiger partial charge in [0.15, 0.2) is 0 Å². The molecule has 0 heterocycles. The molecule has 0 amide bonds. The number of nitriles is 2. The number of aliphatic hydroxyl groups excluding tert-OH is 1. The maximum Gasteiger partial charge on any atom is 0.389 e. The lowest BCUT2D eigenvalue weighted by atomic mass is 9.79. The van der Waals surface area contributed by atoms with Crippen LogP contribution in [0.5, 0.6) is 0 Å². The Hall–Kier alpha value is -2.05. The minimum atomic E-state index is -4.36. The van der Waals surface area contributed by atoms with E-state index < -0.39 is 31.0 Å². The zero-order valence-corrected chi connectivity index (χ0v) is 10.6. The van der Waals surface area contributed by atoms with Gasteiger partial charge in [0.1, 0.15) is 0 Å². The van der Waals surface area contributed by atoms with Gasteiger partial charge >= 0.3 is 6.18 Å². The molecule has 0 radical (unpaired) electrons. The Kier molecular flexibility index (Phi) is 5.12. The molecule has 1 unspecified atom stereocenters. The minimum absolute atomic E-state index is 0.0157. The number of hydrogen-bond donors (Lipinski definition) is 1. The highest BCUT2D eigenvalue weighted by molar-refractivity contribution is 5.32. The van der Waals surface area contributed by atoms with Crippen molar-refractivity contribution in [1.82, 2.24) is 0 Å². The summed E-state index contributed by atoms with van der Waals surface area (Å²) in [5.41, 5.74) is -0.415. The second-order valence-electron chi connectivity index (χ2n) is 4.65. The molecule has 20 heavy (non-hydrogen) atoms. The fourth-order valence-electron chi connectivity index (χ4n) is 1.82. The van der Waals surface area contributed by atoms with Crippen LogP contribution in [-0.4, -0.2) is 17.9 Å². The molecule has 1 atom stereocenters. The molecule has 0 saturated heterocycles. The standard InChI is InChI=1S/C14H13F3N2O/c15-14(16,17)6-5-13(9-19,10-20)7-11-1-3-12(8-18)4-2-11/h1-4,20H,5-7,10H2. The van der Waals surface area contributed by atoms with Gasteiger partial charge in [-0.3, -0.25) is 0 Å². The average Bonchev–Trinajstić information content (AvgIpc) is 2.43. The maximum atomic E-state index is 12.3. The Balaban J connectivity index is 2.85. The highest BCUT2D eigenvalue weighted by Gasteiger charge is 2.36. The average molecular weight is 282 g/mol. The molecule has 0 aliphatic rings. The summed E-state index contributed by atoms with van der Waals surface area (Å²) in [7, 11) is 0. The Morgan fingerprint density at radius 1 is 1.05 bits per heavy atom. The zero-order valence-electron chi connectivity index (χ0n) is 10.6. The molecule has 106 valence electrons. The quantitative estimate of drug-likeness (QED) is 0.902. The molecule has 1 rings (SSSR count). The van der Waals surface area contributed by atoms with Crippen LogP contribution in [-0.2, 0) is 6.42 Å². The first kappa shape index (κ1) is 16.0. The van der Waals surface area contributed by atoms with Crippen LogP contribution in [0.1, 0.15) is 24.0 Å². The molecule has 0 bridgehead atoms. The largest absolute Gasteiger partial charge is 0.395 e. The fraction of sp³-hybridized carbons (Fsp3) is 0.429. The molecule has 1 aromatic carbocycles. The van der Waals surface area contributed by atoms with E-state index in [-0.39, 0.29) is 6.42 Å². The maximum absolute atomic E-state index is 12.3. The summed E-state index contributed by atoms with van der Waals surface area (Å²) < 4.78 is 36.8. The van der Waals surface area contributed by atoms with Crippen LogP contribution in [0.3, 0.4) is 0 Å². The Labute approximate surface area is 114 Å². The molecule has 1 aromatic rings.